The maximum absolute atomic E-state index is 4.60. The third kappa shape index (κ3) is 3.40. The highest BCUT2D eigenvalue weighted by atomic mass is 15.3. The molecule has 0 unspecified atom stereocenters. The number of nitrogens with one attached hydrogen (secondary N) is 1. The molecule has 2 aromatic heterocycles. The molecule has 0 fully saturated rings. The molecule has 21 heavy (non-hydrogen) atoms. The Hall–Kier alpha value is -1.91. The van der Waals surface area contributed by atoms with Gasteiger partial charge in [0.25, 0.3) is 0 Å². The van der Waals surface area contributed by atoms with Crippen molar-refractivity contribution < 1.29 is 0 Å². The second-order valence-corrected chi connectivity index (χ2v) is 5.40. The molecule has 0 radical (unpaired) electrons. The van der Waals surface area contributed by atoms with Crippen molar-refractivity contribution in [3.8, 4) is 0 Å². The average Bonchev–Trinajstić information content (AvgIpc) is 2.73. The van der Waals surface area contributed by atoms with Gasteiger partial charge in [-0.25, -0.2) is 9.97 Å². The lowest BCUT2D eigenvalue weighted by atomic mass is 10.2. The third-order valence-electron chi connectivity index (χ3n) is 3.80. The zero-order valence-corrected chi connectivity index (χ0v) is 13.7. The summed E-state index contributed by atoms with van der Waals surface area (Å²) >= 11 is 0. The fourth-order valence-electron chi connectivity index (χ4n) is 2.51. The summed E-state index contributed by atoms with van der Waals surface area (Å²) in [7, 11) is 0. The van der Waals surface area contributed by atoms with Crippen LogP contribution >= 0.6 is 0 Å². The monoisotopic (exact) mass is 287 g/mol. The van der Waals surface area contributed by atoms with E-state index in [9.17, 15) is 0 Å². The number of hydrogen-bond acceptors (Lipinski definition) is 4. The maximum Gasteiger partial charge on any atom is 0.223 e. The van der Waals surface area contributed by atoms with Gasteiger partial charge in [-0.05, 0) is 39.2 Å². The first-order chi connectivity index (χ1) is 10.1. The van der Waals surface area contributed by atoms with Crippen molar-refractivity contribution in [2.24, 2.45) is 0 Å². The van der Waals surface area contributed by atoms with Crippen molar-refractivity contribution in [3.05, 3.63) is 34.4 Å². The van der Waals surface area contributed by atoms with Gasteiger partial charge in [0.1, 0.15) is 0 Å². The number of aryl methyl sites for hydroxylation is 4. The van der Waals surface area contributed by atoms with Crippen molar-refractivity contribution in [1.82, 2.24) is 19.7 Å². The van der Waals surface area contributed by atoms with Crippen LogP contribution < -0.4 is 5.32 Å². The Kier molecular flexibility index (Phi) is 4.94. The summed E-state index contributed by atoms with van der Waals surface area (Å²) in [6.07, 6.45) is 3.90. The van der Waals surface area contributed by atoms with Gasteiger partial charge >= 0.3 is 0 Å². The Morgan fingerprint density at radius 3 is 2.62 bits per heavy atom. The van der Waals surface area contributed by atoms with E-state index in [0.29, 0.717) is 12.5 Å². The fraction of sp³-hybridized carbons (Fsp3) is 0.562. The molecule has 2 aromatic rings. The van der Waals surface area contributed by atoms with Gasteiger partial charge in [-0.3, -0.25) is 4.68 Å². The quantitative estimate of drug-likeness (QED) is 0.886. The first kappa shape index (κ1) is 15.5. The van der Waals surface area contributed by atoms with Crippen LogP contribution in [0.5, 0.6) is 0 Å². The van der Waals surface area contributed by atoms with Gasteiger partial charge < -0.3 is 5.32 Å². The van der Waals surface area contributed by atoms with Gasteiger partial charge in [-0.15, -0.1) is 0 Å². The number of nitrogens with zero attached hydrogens (tertiary/aromatic N) is 4. The van der Waals surface area contributed by atoms with Crippen molar-refractivity contribution in [2.75, 3.05) is 5.32 Å². The molecule has 2 heterocycles. The molecule has 0 aromatic carbocycles. The molecule has 5 heteroatoms. The molecule has 5 nitrogen and oxygen atoms in total. The zero-order valence-electron chi connectivity index (χ0n) is 13.7. The van der Waals surface area contributed by atoms with E-state index >= 15 is 0 Å². The highest BCUT2D eigenvalue weighted by molar-refractivity contribution is 5.33. The molecule has 0 amide bonds. The van der Waals surface area contributed by atoms with Crippen LogP contribution in [0.15, 0.2) is 6.20 Å². The SMILES string of the molecule is CCCn1nc(C)c(CNc2ncc(C)c(CC)n2)c1C. The summed E-state index contributed by atoms with van der Waals surface area (Å²) in [4.78, 5) is 8.91. The van der Waals surface area contributed by atoms with Gasteiger partial charge in [0, 0.05) is 36.2 Å². The third-order valence-corrected chi connectivity index (χ3v) is 3.80. The Morgan fingerprint density at radius 1 is 1.19 bits per heavy atom. The highest BCUT2D eigenvalue weighted by Crippen LogP contribution is 2.15. The van der Waals surface area contributed by atoms with Gasteiger partial charge in [0.15, 0.2) is 0 Å². The summed E-state index contributed by atoms with van der Waals surface area (Å²) in [6.45, 7) is 12.2. The van der Waals surface area contributed by atoms with Crippen LogP contribution in [0.25, 0.3) is 0 Å². The predicted octanol–water partition coefficient (Wildman–Crippen LogP) is 3.18. The minimum absolute atomic E-state index is 0.694. The number of rotatable bonds is 6. The molecule has 1 N–H and O–H groups in total. The second kappa shape index (κ2) is 6.70. The van der Waals surface area contributed by atoms with Gasteiger partial charge in [0.2, 0.25) is 5.95 Å². The maximum atomic E-state index is 4.60. The molecule has 0 aliphatic heterocycles. The summed E-state index contributed by atoms with van der Waals surface area (Å²) < 4.78 is 2.08. The van der Waals surface area contributed by atoms with E-state index in [1.165, 1.54) is 11.3 Å². The fourth-order valence-corrected chi connectivity index (χ4v) is 2.51. The largest absolute Gasteiger partial charge is 0.350 e. The van der Waals surface area contributed by atoms with Gasteiger partial charge in [0.05, 0.1) is 5.69 Å². The topological polar surface area (TPSA) is 55.6 Å². The number of aromatic nitrogens is 4. The molecular weight excluding hydrogens is 262 g/mol. The molecule has 0 saturated carbocycles. The van der Waals surface area contributed by atoms with Crippen molar-refractivity contribution in [3.63, 3.8) is 0 Å². The van der Waals surface area contributed by atoms with Crippen LogP contribution in [-0.4, -0.2) is 19.7 Å². The van der Waals surface area contributed by atoms with E-state index in [1.807, 2.05) is 13.1 Å². The van der Waals surface area contributed by atoms with Gasteiger partial charge in [-0.2, -0.15) is 5.10 Å². The van der Waals surface area contributed by atoms with Crippen molar-refractivity contribution in [1.29, 1.82) is 0 Å². The average molecular weight is 287 g/mol. The Balaban J connectivity index is 2.13. The standard InChI is InChI=1S/C16H25N5/c1-6-8-21-13(5)14(12(4)20-21)10-18-16-17-9-11(3)15(7-2)19-16/h9H,6-8,10H2,1-5H3,(H,17,18,19). The summed E-state index contributed by atoms with van der Waals surface area (Å²) in [6, 6.07) is 0. The van der Waals surface area contributed by atoms with Crippen LogP contribution in [0, 0.1) is 20.8 Å². The smallest absolute Gasteiger partial charge is 0.223 e. The molecule has 114 valence electrons. The molecule has 0 saturated heterocycles. The number of anilines is 1. The summed E-state index contributed by atoms with van der Waals surface area (Å²) in [5.74, 6) is 0.694. The molecular formula is C16H25N5. The summed E-state index contributed by atoms with van der Waals surface area (Å²) in [5.41, 5.74) is 5.79. The van der Waals surface area contributed by atoms with E-state index in [0.717, 1.165) is 36.3 Å². The number of hydrogen-bond donors (Lipinski definition) is 1. The lowest BCUT2D eigenvalue weighted by molar-refractivity contribution is 0.582. The molecule has 0 aliphatic carbocycles. The minimum atomic E-state index is 0.694. The molecule has 0 bridgehead atoms. The van der Waals surface area contributed by atoms with Crippen LogP contribution in [0.3, 0.4) is 0 Å². The first-order valence-corrected chi connectivity index (χ1v) is 7.66. The second-order valence-electron chi connectivity index (χ2n) is 5.40. The Morgan fingerprint density at radius 2 is 1.95 bits per heavy atom. The lowest BCUT2D eigenvalue weighted by Gasteiger charge is -2.08. The molecule has 2 rings (SSSR count). The zero-order chi connectivity index (χ0) is 15.4. The molecule has 0 spiro atoms. The van der Waals surface area contributed by atoms with E-state index in [-0.39, 0.29) is 0 Å². The van der Waals surface area contributed by atoms with Crippen molar-refractivity contribution in [2.45, 2.75) is 60.5 Å². The minimum Gasteiger partial charge on any atom is -0.350 e. The normalized spacial score (nSPS) is 10.9. The first-order valence-electron chi connectivity index (χ1n) is 7.66. The van der Waals surface area contributed by atoms with Gasteiger partial charge in [-0.1, -0.05) is 13.8 Å². The van der Waals surface area contributed by atoms with E-state index in [4.69, 9.17) is 0 Å². The Labute approximate surface area is 126 Å². The Bertz CT molecular complexity index is 615. The molecule has 0 atom stereocenters. The highest BCUT2D eigenvalue weighted by Gasteiger charge is 2.11. The lowest BCUT2D eigenvalue weighted by Crippen LogP contribution is -2.08. The van der Waals surface area contributed by atoms with E-state index in [2.05, 4.69) is 52.8 Å². The van der Waals surface area contributed by atoms with Crippen LogP contribution in [0.1, 0.15) is 48.5 Å². The van der Waals surface area contributed by atoms with Crippen molar-refractivity contribution >= 4 is 5.95 Å². The predicted molar refractivity (Wildman–Crippen MR) is 85.5 cm³/mol. The van der Waals surface area contributed by atoms with Crippen LogP contribution in [-0.2, 0) is 19.5 Å². The van der Waals surface area contributed by atoms with Crippen LogP contribution in [0.2, 0.25) is 0 Å². The summed E-state index contributed by atoms with van der Waals surface area (Å²) in [5, 5.41) is 7.92. The van der Waals surface area contributed by atoms with Crippen LogP contribution in [0.4, 0.5) is 5.95 Å². The van der Waals surface area contributed by atoms with E-state index in [1.54, 1.807) is 0 Å². The molecule has 0 aliphatic rings. The van der Waals surface area contributed by atoms with E-state index < -0.39 is 0 Å².